The Hall–Kier alpha value is -2.39. The van der Waals surface area contributed by atoms with Crippen molar-refractivity contribution in [2.75, 3.05) is 31.3 Å². The molecule has 8 nitrogen and oxygen atoms in total. The van der Waals surface area contributed by atoms with Gasteiger partial charge in [0.2, 0.25) is 5.91 Å². The van der Waals surface area contributed by atoms with Gasteiger partial charge in [0.1, 0.15) is 12.7 Å². The maximum absolute atomic E-state index is 12.5. The van der Waals surface area contributed by atoms with Crippen LogP contribution in [0.15, 0.2) is 36.9 Å². The second-order valence-corrected chi connectivity index (χ2v) is 8.28. The summed E-state index contributed by atoms with van der Waals surface area (Å²) in [6.07, 6.45) is 3.91. The minimum Gasteiger partial charge on any atom is -0.352 e. The molecule has 2 unspecified atom stereocenters. The van der Waals surface area contributed by atoms with Gasteiger partial charge in [-0.05, 0) is 30.0 Å². The average Bonchev–Trinajstić information content (AvgIpc) is 3.48. The normalized spacial score (nSPS) is 21.8. The van der Waals surface area contributed by atoms with Crippen molar-refractivity contribution in [3.05, 3.63) is 48.0 Å². The summed E-state index contributed by atoms with van der Waals surface area (Å²) in [6, 6.07) is 7.41. The SMILES string of the molecule is O=C(NCC1CNC(C(=O)N2CCSC2)C1)c1cccc(Cn2cncn2)c1. The molecule has 0 spiro atoms. The Morgan fingerprint density at radius 1 is 1.36 bits per heavy atom. The molecular weight excluding hydrogens is 376 g/mol. The molecule has 9 heteroatoms. The van der Waals surface area contributed by atoms with Crippen LogP contribution in [0.1, 0.15) is 22.3 Å². The van der Waals surface area contributed by atoms with Gasteiger partial charge in [-0.25, -0.2) is 9.67 Å². The van der Waals surface area contributed by atoms with E-state index in [1.807, 2.05) is 29.2 Å². The first-order chi connectivity index (χ1) is 13.7. The maximum Gasteiger partial charge on any atom is 0.251 e. The van der Waals surface area contributed by atoms with Gasteiger partial charge in [-0.15, -0.1) is 11.8 Å². The van der Waals surface area contributed by atoms with Crippen molar-refractivity contribution in [1.82, 2.24) is 30.3 Å². The molecule has 2 amide bonds. The zero-order valence-corrected chi connectivity index (χ0v) is 16.4. The van der Waals surface area contributed by atoms with Gasteiger partial charge in [-0.3, -0.25) is 9.59 Å². The van der Waals surface area contributed by atoms with Crippen LogP contribution in [0.3, 0.4) is 0 Å². The standard InChI is InChI=1S/C19H24N6O2S/c26-18(16-3-1-2-14(6-16)10-25-12-20-11-23-25)22-9-15-7-17(21-8-15)19(27)24-4-5-28-13-24/h1-3,6,11-12,15,17,21H,4-5,7-10,13H2,(H,22,26). The summed E-state index contributed by atoms with van der Waals surface area (Å²) in [5.41, 5.74) is 1.63. The van der Waals surface area contributed by atoms with Crippen LogP contribution in [-0.4, -0.2) is 68.8 Å². The lowest BCUT2D eigenvalue weighted by Crippen LogP contribution is -2.42. The van der Waals surface area contributed by atoms with Crippen LogP contribution in [-0.2, 0) is 11.3 Å². The number of nitrogens with zero attached hydrogens (tertiary/aromatic N) is 4. The molecule has 2 saturated heterocycles. The second-order valence-electron chi connectivity index (χ2n) is 7.21. The first-order valence-electron chi connectivity index (χ1n) is 9.48. The lowest BCUT2D eigenvalue weighted by molar-refractivity contribution is -0.131. The quantitative estimate of drug-likeness (QED) is 0.737. The molecule has 1 aromatic carbocycles. The van der Waals surface area contributed by atoms with Gasteiger partial charge in [0.25, 0.3) is 5.91 Å². The number of nitrogens with one attached hydrogen (secondary N) is 2. The minimum atomic E-state index is -0.119. The summed E-state index contributed by atoms with van der Waals surface area (Å²) in [6.45, 7) is 2.74. The topological polar surface area (TPSA) is 92.2 Å². The molecule has 0 radical (unpaired) electrons. The fourth-order valence-electron chi connectivity index (χ4n) is 3.61. The van der Waals surface area contributed by atoms with E-state index in [0.717, 1.165) is 36.7 Å². The number of carbonyl (C=O) groups is 2. The summed E-state index contributed by atoms with van der Waals surface area (Å²) in [7, 11) is 0. The van der Waals surface area contributed by atoms with E-state index in [9.17, 15) is 9.59 Å². The molecule has 2 aliphatic rings. The van der Waals surface area contributed by atoms with E-state index in [1.165, 1.54) is 6.33 Å². The van der Waals surface area contributed by atoms with Crippen molar-refractivity contribution in [3.63, 3.8) is 0 Å². The highest BCUT2D eigenvalue weighted by atomic mass is 32.2. The highest BCUT2D eigenvalue weighted by Gasteiger charge is 2.33. The summed E-state index contributed by atoms with van der Waals surface area (Å²) < 4.78 is 1.72. The van der Waals surface area contributed by atoms with Crippen LogP contribution in [0.4, 0.5) is 0 Å². The molecule has 0 aliphatic carbocycles. The highest BCUT2D eigenvalue weighted by Crippen LogP contribution is 2.20. The Balaban J connectivity index is 1.27. The van der Waals surface area contributed by atoms with Crippen molar-refractivity contribution in [3.8, 4) is 0 Å². The largest absolute Gasteiger partial charge is 0.352 e. The van der Waals surface area contributed by atoms with E-state index < -0.39 is 0 Å². The predicted octanol–water partition coefficient (Wildman–Crippen LogP) is 0.567. The Morgan fingerprint density at radius 2 is 2.29 bits per heavy atom. The van der Waals surface area contributed by atoms with Crippen molar-refractivity contribution < 1.29 is 9.59 Å². The van der Waals surface area contributed by atoms with Gasteiger partial charge in [0.05, 0.1) is 18.5 Å². The fraction of sp³-hybridized carbons (Fsp3) is 0.474. The highest BCUT2D eigenvalue weighted by molar-refractivity contribution is 7.99. The maximum atomic E-state index is 12.5. The number of aromatic nitrogens is 3. The summed E-state index contributed by atoms with van der Waals surface area (Å²) >= 11 is 1.80. The molecule has 2 aliphatic heterocycles. The van der Waals surface area contributed by atoms with E-state index in [2.05, 4.69) is 20.7 Å². The number of thioether (sulfide) groups is 1. The van der Waals surface area contributed by atoms with E-state index in [1.54, 1.807) is 22.8 Å². The summed E-state index contributed by atoms with van der Waals surface area (Å²) in [5, 5.41) is 10.4. The van der Waals surface area contributed by atoms with Crippen molar-refractivity contribution in [2.24, 2.45) is 5.92 Å². The third-order valence-corrected chi connectivity index (χ3v) is 6.10. The van der Waals surface area contributed by atoms with E-state index in [-0.39, 0.29) is 23.8 Å². The summed E-state index contributed by atoms with van der Waals surface area (Å²) in [5.74, 6) is 2.19. The monoisotopic (exact) mass is 400 g/mol. The molecule has 3 heterocycles. The van der Waals surface area contributed by atoms with Crippen LogP contribution in [0, 0.1) is 5.92 Å². The Bertz CT molecular complexity index is 822. The molecule has 1 aromatic heterocycles. The van der Waals surface area contributed by atoms with Gasteiger partial charge < -0.3 is 15.5 Å². The van der Waals surface area contributed by atoms with Gasteiger partial charge in [-0.2, -0.15) is 5.10 Å². The molecule has 2 N–H and O–H groups in total. The van der Waals surface area contributed by atoms with Crippen molar-refractivity contribution >= 4 is 23.6 Å². The number of rotatable bonds is 6. The lowest BCUT2D eigenvalue weighted by atomic mass is 10.0. The Kier molecular flexibility index (Phi) is 5.92. The van der Waals surface area contributed by atoms with Crippen molar-refractivity contribution in [2.45, 2.75) is 19.0 Å². The number of amides is 2. The minimum absolute atomic E-state index is 0.0915. The molecule has 0 bridgehead atoms. The van der Waals surface area contributed by atoms with Crippen molar-refractivity contribution in [1.29, 1.82) is 0 Å². The van der Waals surface area contributed by atoms with E-state index in [4.69, 9.17) is 0 Å². The second kappa shape index (κ2) is 8.74. The lowest BCUT2D eigenvalue weighted by Gasteiger charge is -2.19. The molecule has 2 atom stereocenters. The molecule has 28 heavy (non-hydrogen) atoms. The zero-order valence-electron chi connectivity index (χ0n) is 15.6. The van der Waals surface area contributed by atoms with Gasteiger partial charge in [-0.1, -0.05) is 12.1 Å². The van der Waals surface area contributed by atoms with Gasteiger partial charge in [0, 0.05) is 31.0 Å². The van der Waals surface area contributed by atoms with Crippen LogP contribution in [0.2, 0.25) is 0 Å². The van der Waals surface area contributed by atoms with E-state index in [0.29, 0.717) is 18.7 Å². The average molecular weight is 401 g/mol. The molecule has 2 aromatic rings. The first kappa shape index (κ1) is 18.9. The number of hydrogen-bond acceptors (Lipinski definition) is 6. The third kappa shape index (κ3) is 4.53. The molecular formula is C19H24N6O2S. The number of carbonyl (C=O) groups excluding carboxylic acids is 2. The van der Waals surface area contributed by atoms with Gasteiger partial charge >= 0.3 is 0 Å². The predicted molar refractivity (Wildman–Crippen MR) is 107 cm³/mol. The summed E-state index contributed by atoms with van der Waals surface area (Å²) in [4.78, 5) is 30.9. The molecule has 4 rings (SSSR count). The fourth-order valence-corrected chi connectivity index (χ4v) is 4.57. The Labute approximate surface area is 168 Å². The first-order valence-corrected chi connectivity index (χ1v) is 10.6. The van der Waals surface area contributed by atoms with E-state index >= 15 is 0 Å². The van der Waals surface area contributed by atoms with Gasteiger partial charge in [0.15, 0.2) is 0 Å². The smallest absolute Gasteiger partial charge is 0.251 e. The number of benzene rings is 1. The van der Waals surface area contributed by atoms with Crippen LogP contribution in [0.5, 0.6) is 0 Å². The molecule has 148 valence electrons. The molecule has 0 saturated carbocycles. The number of hydrogen-bond donors (Lipinski definition) is 2. The Morgan fingerprint density at radius 3 is 3.07 bits per heavy atom. The van der Waals surface area contributed by atoms with Crippen LogP contribution in [0.25, 0.3) is 0 Å². The zero-order chi connectivity index (χ0) is 19.3. The third-order valence-electron chi connectivity index (χ3n) is 5.14. The molecule has 2 fully saturated rings. The van der Waals surface area contributed by atoms with Crippen LogP contribution >= 0.6 is 11.8 Å². The van der Waals surface area contributed by atoms with Crippen LogP contribution < -0.4 is 10.6 Å².